The Bertz CT molecular complexity index is 511. The first kappa shape index (κ1) is 11.0. The minimum atomic E-state index is -4.32. The lowest BCUT2D eigenvalue weighted by atomic mass is 9.99. The number of aromatic nitrogens is 2. The molecular weight excluding hydrogens is 217 g/mol. The van der Waals surface area contributed by atoms with Gasteiger partial charge in [0.25, 0.3) is 0 Å². The number of H-pyrrole nitrogens is 1. The molecule has 0 amide bonds. The molecule has 0 radical (unpaired) electrons. The van der Waals surface area contributed by atoms with Crippen molar-refractivity contribution in [3.05, 3.63) is 29.6 Å². The van der Waals surface area contributed by atoms with E-state index in [1.54, 1.807) is 0 Å². The van der Waals surface area contributed by atoms with Crippen molar-refractivity contribution in [3.63, 3.8) is 0 Å². The zero-order valence-corrected chi connectivity index (χ0v) is 8.89. The fourth-order valence-electron chi connectivity index (χ4n) is 1.68. The molecule has 0 bridgehead atoms. The number of halogens is 3. The predicted molar refractivity (Wildman–Crippen MR) is 55.2 cm³/mol. The number of nitrogens with one attached hydrogen (secondary N) is 1. The van der Waals surface area contributed by atoms with Gasteiger partial charge in [-0.05, 0) is 23.6 Å². The van der Waals surface area contributed by atoms with E-state index in [4.69, 9.17) is 0 Å². The summed E-state index contributed by atoms with van der Waals surface area (Å²) < 4.78 is 37.9. The average molecular weight is 228 g/mol. The Labute approximate surface area is 90.5 Å². The molecule has 0 saturated heterocycles. The van der Waals surface area contributed by atoms with Crippen LogP contribution in [0.25, 0.3) is 11.0 Å². The third-order valence-electron chi connectivity index (χ3n) is 2.50. The van der Waals surface area contributed by atoms with Crippen LogP contribution in [0, 0.1) is 0 Å². The van der Waals surface area contributed by atoms with E-state index in [9.17, 15) is 13.2 Å². The molecule has 1 aromatic carbocycles. The van der Waals surface area contributed by atoms with Crippen molar-refractivity contribution < 1.29 is 13.2 Å². The molecule has 2 nitrogen and oxygen atoms in total. The topological polar surface area (TPSA) is 28.7 Å². The smallest absolute Gasteiger partial charge is 0.345 e. The van der Waals surface area contributed by atoms with E-state index < -0.39 is 11.7 Å². The maximum absolute atomic E-state index is 12.6. The van der Waals surface area contributed by atoms with Gasteiger partial charge in [-0.25, -0.2) is 4.98 Å². The van der Waals surface area contributed by atoms with Gasteiger partial charge in [0.15, 0.2) is 0 Å². The summed E-state index contributed by atoms with van der Waals surface area (Å²) in [6, 6.07) is 2.27. The summed E-state index contributed by atoms with van der Waals surface area (Å²) in [6.45, 7) is 3.70. The van der Waals surface area contributed by atoms with Crippen molar-refractivity contribution in [2.24, 2.45) is 0 Å². The number of hydrogen-bond donors (Lipinski definition) is 1. The van der Waals surface area contributed by atoms with E-state index in [2.05, 4.69) is 9.97 Å². The van der Waals surface area contributed by atoms with Crippen LogP contribution in [-0.2, 0) is 6.18 Å². The Morgan fingerprint density at radius 3 is 2.50 bits per heavy atom. The van der Waals surface area contributed by atoms with Crippen molar-refractivity contribution in [1.29, 1.82) is 0 Å². The quantitative estimate of drug-likeness (QED) is 0.792. The number of hydrogen-bond acceptors (Lipinski definition) is 1. The zero-order chi connectivity index (χ0) is 11.9. The number of benzene rings is 1. The van der Waals surface area contributed by atoms with E-state index >= 15 is 0 Å². The monoisotopic (exact) mass is 228 g/mol. The fourth-order valence-corrected chi connectivity index (χ4v) is 1.68. The maximum atomic E-state index is 12.6. The van der Waals surface area contributed by atoms with Crippen molar-refractivity contribution in [3.8, 4) is 0 Å². The largest absolute Gasteiger partial charge is 0.416 e. The van der Waals surface area contributed by atoms with Gasteiger partial charge in [0.05, 0.1) is 22.9 Å². The predicted octanol–water partition coefficient (Wildman–Crippen LogP) is 3.71. The van der Waals surface area contributed by atoms with Gasteiger partial charge < -0.3 is 4.98 Å². The molecule has 0 aliphatic rings. The van der Waals surface area contributed by atoms with Crippen LogP contribution in [0.5, 0.6) is 0 Å². The Morgan fingerprint density at radius 2 is 1.94 bits per heavy atom. The Kier molecular flexibility index (Phi) is 2.40. The zero-order valence-electron chi connectivity index (χ0n) is 8.89. The van der Waals surface area contributed by atoms with Gasteiger partial charge in [0, 0.05) is 0 Å². The SMILES string of the molecule is CC(C)c1cc(C(F)(F)F)cc2[nH]cnc12. The second-order valence-corrected chi connectivity index (χ2v) is 4.02. The van der Waals surface area contributed by atoms with Crippen LogP contribution in [0.4, 0.5) is 13.2 Å². The second-order valence-electron chi connectivity index (χ2n) is 4.02. The molecule has 0 fully saturated rings. The van der Waals surface area contributed by atoms with Gasteiger partial charge >= 0.3 is 6.18 Å². The summed E-state index contributed by atoms with van der Waals surface area (Å²) in [6.07, 6.45) is -2.90. The van der Waals surface area contributed by atoms with Crippen LogP contribution in [0.1, 0.15) is 30.9 Å². The maximum Gasteiger partial charge on any atom is 0.416 e. The summed E-state index contributed by atoms with van der Waals surface area (Å²) in [5.41, 5.74) is 1.03. The van der Waals surface area contributed by atoms with Gasteiger partial charge in [-0.15, -0.1) is 0 Å². The standard InChI is InChI=1S/C11H11F3N2/c1-6(2)8-3-7(11(12,13)14)4-9-10(8)16-5-15-9/h3-6H,1-2H3,(H,15,16). The Hall–Kier alpha value is -1.52. The number of alkyl halides is 3. The fraction of sp³-hybridized carbons (Fsp3) is 0.364. The number of nitrogens with zero attached hydrogens (tertiary/aromatic N) is 1. The van der Waals surface area contributed by atoms with Gasteiger partial charge in [-0.3, -0.25) is 0 Å². The highest BCUT2D eigenvalue weighted by molar-refractivity contribution is 5.79. The molecular formula is C11H11F3N2. The summed E-state index contributed by atoms with van der Waals surface area (Å²) in [5.74, 6) is 0.00750. The van der Waals surface area contributed by atoms with E-state index in [0.29, 0.717) is 16.6 Å². The highest BCUT2D eigenvalue weighted by Gasteiger charge is 2.31. The normalized spacial score (nSPS) is 12.6. The number of rotatable bonds is 1. The van der Waals surface area contributed by atoms with Crippen LogP contribution < -0.4 is 0 Å². The van der Waals surface area contributed by atoms with Crippen molar-refractivity contribution in [2.75, 3.05) is 0 Å². The third-order valence-corrected chi connectivity index (χ3v) is 2.50. The molecule has 2 aromatic rings. The molecule has 1 N–H and O–H groups in total. The molecule has 0 unspecified atom stereocenters. The van der Waals surface area contributed by atoms with E-state index in [0.717, 1.165) is 6.07 Å². The number of fused-ring (bicyclic) bond motifs is 1. The third kappa shape index (κ3) is 1.77. The average Bonchev–Trinajstić information content (AvgIpc) is 2.61. The van der Waals surface area contributed by atoms with E-state index in [1.165, 1.54) is 12.4 Å². The van der Waals surface area contributed by atoms with Crippen LogP contribution in [0.3, 0.4) is 0 Å². The molecule has 0 aliphatic carbocycles. The summed E-state index contributed by atoms with van der Waals surface area (Å²) in [7, 11) is 0. The summed E-state index contributed by atoms with van der Waals surface area (Å²) in [4.78, 5) is 6.76. The van der Waals surface area contributed by atoms with E-state index in [1.807, 2.05) is 13.8 Å². The Balaban J connectivity index is 2.71. The van der Waals surface area contributed by atoms with Gasteiger partial charge in [-0.2, -0.15) is 13.2 Å². The van der Waals surface area contributed by atoms with Gasteiger partial charge in [0.1, 0.15) is 0 Å². The minimum Gasteiger partial charge on any atom is -0.345 e. The van der Waals surface area contributed by atoms with Crippen molar-refractivity contribution in [2.45, 2.75) is 25.9 Å². The second kappa shape index (κ2) is 3.50. The van der Waals surface area contributed by atoms with Crippen molar-refractivity contribution in [1.82, 2.24) is 9.97 Å². The number of imidazole rings is 1. The van der Waals surface area contributed by atoms with Crippen LogP contribution >= 0.6 is 0 Å². The molecule has 16 heavy (non-hydrogen) atoms. The molecule has 2 rings (SSSR count). The molecule has 86 valence electrons. The minimum absolute atomic E-state index is 0.00750. The molecule has 1 heterocycles. The first-order valence-electron chi connectivity index (χ1n) is 4.94. The van der Waals surface area contributed by atoms with Gasteiger partial charge in [0.2, 0.25) is 0 Å². The lowest BCUT2D eigenvalue weighted by Crippen LogP contribution is -2.06. The molecule has 0 aliphatic heterocycles. The molecule has 0 spiro atoms. The lowest BCUT2D eigenvalue weighted by molar-refractivity contribution is -0.137. The van der Waals surface area contributed by atoms with Crippen LogP contribution in [0.15, 0.2) is 18.5 Å². The molecule has 1 aromatic heterocycles. The van der Waals surface area contributed by atoms with Crippen molar-refractivity contribution >= 4 is 11.0 Å². The first-order chi connectivity index (χ1) is 7.39. The summed E-state index contributed by atoms with van der Waals surface area (Å²) >= 11 is 0. The van der Waals surface area contributed by atoms with Crippen LogP contribution in [-0.4, -0.2) is 9.97 Å². The van der Waals surface area contributed by atoms with Gasteiger partial charge in [-0.1, -0.05) is 13.8 Å². The molecule has 5 heteroatoms. The highest BCUT2D eigenvalue weighted by Crippen LogP contribution is 2.34. The lowest BCUT2D eigenvalue weighted by Gasteiger charge is -2.11. The Morgan fingerprint density at radius 1 is 1.25 bits per heavy atom. The summed E-state index contributed by atoms with van der Waals surface area (Å²) in [5, 5.41) is 0. The molecule has 0 saturated carbocycles. The highest BCUT2D eigenvalue weighted by atomic mass is 19.4. The van der Waals surface area contributed by atoms with Crippen LogP contribution in [0.2, 0.25) is 0 Å². The first-order valence-corrected chi connectivity index (χ1v) is 4.94. The van der Waals surface area contributed by atoms with E-state index in [-0.39, 0.29) is 5.92 Å². The molecule has 0 atom stereocenters. The number of aromatic amines is 1.